The van der Waals surface area contributed by atoms with Crippen LogP contribution in [-0.4, -0.2) is 23.5 Å². The van der Waals surface area contributed by atoms with Crippen LogP contribution in [-0.2, 0) is 5.75 Å². The van der Waals surface area contributed by atoms with Crippen molar-refractivity contribution in [3.8, 4) is 0 Å². The van der Waals surface area contributed by atoms with Crippen molar-refractivity contribution < 1.29 is 4.42 Å². The van der Waals surface area contributed by atoms with Crippen LogP contribution < -0.4 is 10.6 Å². The van der Waals surface area contributed by atoms with Crippen LogP contribution in [0.3, 0.4) is 0 Å². The van der Waals surface area contributed by atoms with E-state index in [4.69, 9.17) is 16.6 Å². The van der Waals surface area contributed by atoms with Gasteiger partial charge in [-0.1, -0.05) is 6.42 Å². The molecule has 0 aliphatic heterocycles. The zero-order valence-electron chi connectivity index (χ0n) is 11.6. The summed E-state index contributed by atoms with van der Waals surface area (Å²) < 4.78 is 5.30. The van der Waals surface area contributed by atoms with Crippen molar-refractivity contribution in [1.82, 2.24) is 10.6 Å². The van der Waals surface area contributed by atoms with E-state index in [1.165, 1.54) is 25.7 Å². The Kier molecular flexibility index (Phi) is 4.89. The van der Waals surface area contributed by atoms with E-state index in [0.717, 1.165) is 40.8 Å². The molecule has 1 heterocycles. The highest BCUT2D eigenvalue weighted by atomic mass is 32.2. The maximum atomic E-state index is 5.39. The number of nitrogens with one attached hydrogen (secondary N) is 2. The Morgan fingerprint density at radius 3 is 3.05 bits per heavy atom. The van der Waals surface area contributed by atoms with Gasteiger partial charge in [0.1, 0.15) is 5.76 Å². The second-order valence-corrected chi connectivity index (χ2v) is 7.33. The quantitative estimate of drug-likeness (QED) is 0.623. The van der Waals surface area contributed by atoms with Crippen molar-refractivity contribution in [3.63, 3.8) is 0 Å². The highest BCUT2D eigenvalue weighted by molar-refractivity contribution is 7.98. The fourth-order valence-electron chi connectivity index (χ4n) is 3.45. The lowest BCUT2D eigenvalue weighted by molar-refractivity contribution is 0.389. The fraction of sp³-hybridized carbons (Fsp3) is 0.667. The fourth-order valence-corrected chi connectivity index (χ4v) is 4.45. The van der Waals surface area contributed by atoms with E-state index in [2.05, 4.69) is 10.6 Å². The minimum atomic E-state index is 0.629. The van der Waals surface area contributed by atoms with Gasteiger partial charge in [-0.3, -0.25) is 0 Å². The average Bonchev–Trinajstić information content (AvgIpc) is 3.15. The van der Waals surface area contributed by atoms with E-state index >= 15 is 0 Å². The molecular formula is C15H22N2OS2. The average molecular weight is 310 g/mol. The molecule has 110 valence electrons. The van der Waals surface area contributed by atoms with Gasteiger partial charge in [0.15, 0.2) is 5.11 Å². The molecule has 5 heteroatoms. The van der Waals surface area contributed by atoms with Crippen LogP contribution in [0.1, 0.15) is 31.4 Å². The molecule has 0 radical (unpaired) electrons. The van der Waals surface area contributed by atoms with E-state index in [0.29, 0.717) is 6.04 Å². The minimum Gasteiger partial charge on any atom is -0.468 e. The number of thioether (sulfide) groups is 1. The second kappa shape index (κ2) is 6.85. The molecule has 2 bridgehead atoms. The van der Waals surface area contributed by atoms with Crippen LogP contribution in [0.2, 0.25) is 0 Å². The summed E-state index contributed by atoms with van der Waals surface area (Å²) >= 11 is 7.25. The van der Waals surface area contributed by atoms with E-state index in [1.54, 1.807) is 6.26 Å². The van der Waals surface area contributed by atoms with Crippen LogP contribution >= 0.6 is 24.0 Å². The molecule has 2 N–H and O–H groups in total. The summed E-state index contributed by atoms with van der Waals surface area (Å²) in [6, 6.07) is 4.58. The molecule has 0 amide bonds. The first-order valence-electron chi connectivity index (χ1n) is 7.46. The Labute approximate surface area is 130 Å². The summed E-state index contributed by atoms with van der Waals surface area (Å²) in [6.07, 6.45) is 7.29. The van der Waals surface area contributed by atoms with Crippen molar-refractivity contribution >= 4 is 29.1 Å². The SMILES string of the molecule is S=C(NCCSCc1ccco1)N[C@H]1C[C@H]2CC[C@@H]1C2. The van der Waals surface area contributed by atoms with Crippen molar-refractivity contribution in [2.24, 2.45) is 11.8 Å². The van der Waals surface area contributed by atoms with Crippen molar-refractivity contribution in [2.75, 3.05) is 12.3 Å². The van der Waals surface area contributed by atoms with Gasteiger partial charge in [0.25, 0.3) is 0 Å². The normalized spacial score (nSPS) is 27.7. The van der Waals surface area contributed by atoms with Gasteiger partial charge in [-0.2, -0.15) is 11.8 Å². The van der Waals surface area contributed by atoms with Gasteiger partial charge in [0, 0.05) is 18.3 Å². The summed E-state index contributed by atoms with van der Waals surface area (Å²) in [6.45, 7) is 0.915. The Morgan fingerprint density at radius 1 is 1.40 bits per heavy atom. The molecule has 3 atom stereocenters. The van der Waals surface area contributed by atoms with Crippen LogP contribution in [0.5, 0.6) is 0 Å². The van der Waals surface area contributed by atoms with Crippen molar-refractivity contribution in [2.45, 2.75) is 37.5 Å². The molecule has 1 aromatic rings. The second-order valence-electron chi connectivity index (χ2n) is 5.81. The lowest BCUT2D eigenvalue weighted by atomic mass is 9.96. The van der Waals surface area contributed by atoms with E-state index in [9.17, 15) is 0 Å². The molecule has 0 spiro atoms. The topological polar surface area (TPSA) is 37.2 Å². The van der Waals surface area contributed by atoms with Crippen LogP contribution in [0.15, 0.2) is 22.8 Å². The molecule has 1 aromatic heterocycles. The molecule has 2 aliphatic carbocycles. The Bertz CT molecular complexity index is 435. The monoisotopic (exact) mass is 310 g/mol. The number of fused-ring (bicyclic) bond motifs is 2. The van der Waals surface area contributed by atoms with Gasteiger partial charge in [0.05, 0.1) is 12.0 Å². The highest BCUT2D eigenvalue weighted by Gasteiger charge is 2.39. The highest BCUT2D eigenvalue weighted by Crippen LogP contribution is 2.44. The lowest BCUT2D eigenvalue weighted by Crippen LogP contribution is -2.44. The first-order valence-corrected chi connectivity index (χ1v) is 9.02. The van der Waals surface area contributed by atoms with Gasteiger partial charge in [0.2, 0.25) is 0 Å². The third-order valence-corrected chi connectivity index (χ3v) is 5.65. The number of furan rings is 1. The van der Waals surface area contributed by atoms with E-state index in [1.807, 2.05) is 23.9 Å². The zero-order valence-corrected chi connectivity index (χ0v) is 13.3. The lowest BCUT2D eigenvalue weighted by Gasteiger charge is -2.24. The van der Waals surface area contributed by atoms with E-state index in [-0.39, 0.29) is 0 Å². The Balaban J connectivity index is 1.26. The molecule has 20 heavy (non-hydrogen) atoms. The first kappa shape index (κ1) is 14.3. The molecule has 2 saturated carbocycles. The Hall–Kier alpha value is -0.680. The Morgan fingerprint density at radius 2 is 2.35 bits per heavy atom. The molecular weight excluding hydrogens is 288 g/mol. The molecule has 2 fully saturated rings. The molecule has 0 aromatic carbocycles. The summed E-state index contributed by atoms with van der Waals surface area (Å²) in [5, 5.41) is 7.66. The maximum absolute atomic E-state index is 5.39. The predicted octanol–water partition coefficient (Wildman–Crippen LogP) is 3.17. The molecule has 0 unspecified atom stereocenters. The summed E-state index contributed by atoms with van der Waals surface area (Å²) in [5.74, 6) is 4.84. The van der Waals surface area contributed by atoms with Gasteiger partial charge >= 0.3 is 0 Å². The summed E-state index contributed by atoms with van der Waals surface area (Å²) in [5.41, 5.74) is 0. The van der Waals surface area contributed by atoms with Gasteiger partial charge in [-0.15, -0.1) is 0 Å². The van der Waals surface area contributed by atoms with Crippen LogP contribution in [0, 0.1) is 11.8 Å². The van der Waals surface area contributed by atoms with Crippen LogP contribution in [0.4, 0.5) is 0 Å². The van der Waals surface area contributed by atoms with Crippen molar-refractivity contribution in [3.05, 3.63) is 24.2 Å². The molecule has 0 saturated heterocycles. The largest absolute Gasteiger partial charge is 0.468 e. The standard InChI is InChI=1S/C15H22N2OS2/c19-15(17-14-9-11-3-4-12(14)8-11)16-5-7-20-10-13-2-1-6-18-13/h1-2,6,11-12,14H,3-5,7-10H2,(H2,16,17,19)/t11-,12+,14-/m0/s1. The first-order chi connectivity index (χ1) is 9.81. The van der Waals surface area contributed by atoms with E-state index < -0.39 is 0 Å². The smallest absolute Gasteiger partial charge is 0.166 e. The maximum Gasteiger partial charge on any atom is 0.166 e. The third kappa shape index (κ3) is 3.70. The van der Waals surface area contributed by atoms with Crippen LogP contribution in [0.25, 0.3) is 0 Å². The molecule has 3 rings (SSSR count). The number of hydrogen-bond donors (Lipinski definition) is 2. The predicted molar refractivity (Wildman–Crippen MR) is 87.8 cm³/mol. The zero-order chi connectivity index (χ0) is 13.8. The minimum absolute atomic E-state index is 0.629. The molecule has 2 aliphatic rings. The summed E-state index contributed by atoms with van der Waals surface area (Å²) in [4.78, 5) is 0. The summed E-state index contributed by atoms with van der Waals surface area (Å²) in [7, 11) is 0. The van der Waals surface area contributed by atoms with Crippen molar-refractivity contribution in [1.29, 1.82) is 0 Å². The van der Waals surface area contributed by atoms with Gasteiger partial charge in [-0.05, 0) is 55.4 Å². The number of rotatable bonds is 6. The third-order valence-electron chi connectivity index (χ3n) is 4.41. The number of hydrogen-bond acceptors (Lipinski definition) is 3. The molecule has 3 nitrogen and oxygen atoms in total. The van der Waals surface area contributed by atoms with Gasteiger partial charge in [-0.25, -0.2) is 0 Å². The van der Waals surface area contributed by atoms with Gasteiger partial charge < -0.3 is 15.1 Å². The number of thiocarbonyl (C=S) groups is 1.